The van der Waals surface area contributed by atoms with Crippen molar-refractivity contribution in [1.82, 2.24) is 4.90 Å². The van der Waals surface area contributed by atoms with Crippen molar-refractivity contribution in [2.24, 2.45) is 0 Å². The summed E-state index contributed by atoms with van der Waals surface area (Å²) in [5.41, 5.74) is 0.872. The van der Waals surface area contributed by atoms with Crippen molar-refractivity contribution in [2.75, 3.05) is 11.9 Å². The van der Waals surface area contributed by atoms with Gasteiger partial charge in [0, 0.05) is 5.69 Å². The molecular weight excluding hydrogens is 387 g/mol. The molecule has 0 bridgehead atoms. The van der Waals surface area contributed by atoms with Crippen molar-refractivity contribution < 1.29 is 14.0 Å². The molecule has 1 heterocycles. The maximum Gasteiger partial charge on any atom is 0.256 e. The summed E-state index contributed by atoms with van der Waals surface area (Å²) in [7, 11) is 0. The standard InChI is InChI=1S/C20H16Cl2N2O3/c21-17-10-4-9-16(19(17)22)20(26)24(12-15-8-5-11-27-15)13-18(25)23-14-6-2-1-3-7-14/h1-11H,12-13H2,(H,23,25). The number of carbonyl (C=O) groups excluding carboxylic acids is 2. The Morgan fingerprint density at radius 3 is 2.44 bits per heavy atom. The summed E-state index contributed by atoms with van der Waals surface area (Å²) in [5.74, 6) is -0.199. The van der Waals surface area contributed by atoms with Crippen molar-refractivity contribution in [3.05, 3.63) is 88.3 Å². The molecule has 0 radical (unpaired) electrons. The van der Waals surface area contributed by atoms with Crippen LogP contribution in [-0.4, -0.2) is 23.3 Å². The Morgan fingerprint density at radius 2 is 1.74 bits per heavy atom. The maximum absolute atomic E-state index is 13.0. The second-order valence-electron chi connectivity index (χ2n) is 5.76. The quantitative estimate of drug-likeness (QED) is 0.639. The molecule has 1 aromatic heterocycles. The summed E-state index contributed by atoms with van der Waals surface area (Å²) in [6.07, 6.45) is 1.51. The first-order valence-corrected chi connectivity index (χ1v) is 8.91. The van der Waals surface area contributed by atoms with Crippen LogP contribution in [0, 0.1) is 0 Å². The molecule has 3 rings (SSSR count). The lowest BCUT2D eigenvalue weighted by Gasteiger charge is -2.22. The first kappa shape index (κ1) is 19.0. The number of benzene rings is 2. The molecule has 0 aliphatic carbocycles. The first-order chi connectivity index (χ1) is 13.0. The van der Waals surface area contributed by atoms with Crippen LogP contribution in [0.25, 0.3) is 0 Å². The zero-order valence-corrected chi connectivity index (χ0v) is 15.7. The van der Waals surface area contributed by atoms with Crippen LogP contribution < -0.4 is 5.32 Å². The Morgan fingerprint density at radius 1 is 0.963 bits per heavy atom. The van der Waals surface area contributed by atoms with Crippen molar-refractivity contribution in [2.45, 2.75) is 6.54 Å². The van der Waals surface area contributed by atoms with Gasteiger partial charge in [0.15, 0.2) is 0 Å². The van der Waals surface area contributed by atoms with Gasteiger partial charge in [-0.1, -0.05) is 47.5 Å². The summed E-state index contributed by atoms with van der Waals surface area (Å²) in [6.45, 7) is -0.0475. The number of halogens is 2. The average Bonchev–Trinajstić information content (AvgIpc) is 3.17. The van der Waals surface area contributed by atoms with E-state index in [1.807, 2.05) is 18.2 Å². The molecule has 0 saturated heterocycles. The van der Waals surface area contributed by atoms with Gasteiger partial charge in [-0.15, -0.1) is 0 Å². The highest BCUT2D eigenvalue weighted by Gasteiger charge is 2.23. The van der Waals surface area contributed by atoms with E-state index >= 15 is 0 Å². The summed E-state index contributed by atoms with van der Waals surface area (Å²) in [6, 6.07) is 17.3. The van der Waals surface area contributed by atoms with Gasteiger partial charge >= 0.3 is 0 Å². The molecule has 0 atom stereocenters. The lowest BCUT2D eigenvalue weighted by molar-refractivity contribution is -0.117. The average molecular weight is 403 g/mol. The SMILES string of the molecule is O=C(CN(Cc1ccco1)C(=O)c1cccc(Cl)c1Cl)Nc1ccccc1. The van der Waals surface area contributed by atoms with Gasteiger partial charge in [-0.25, -0.2) is 0 Å². The van der Waals surface area contributed by atoms with Gasteiger partial charge in [-0.05, 0) is 36.4 Å². The van der Waals surface area contributed by atoms with Crippen LogP contribution in [0.4, 0.5) is 5.69 Å². The Balaban J connectivity index is 1.81. The van der Waals surface area contributed by atoms with Crippen LogP contribution in [0.3, 0.4) is 0 Å². The molecule has 0 spiro atoms. The molecule has 0 fully saturated rings. The molecule has 3 aromatic rings. The zero-order chi connectivity index (χ0) is 19.2. The molecule has 0 aliphatic rings. The molecule has 2 aromatic carbocycles. The predicted molar refractivity (Wildman–Crippen MR) is 105 cm³/mol. The van der Waals surface area contributed by atoms with Crippen LogP contribution in [0.5, 0.6) is 0 Å². The van der Waals surface area contributed by atoms with Crippen LogP contribution in [0.1, 0.15) is 16.1 Å². The summed E-state index contributed by atoms with van der Waals surface area (Å²) < 4.78 is 5.32. The molecule has 1 N–H and O–H groups in total. The smallest absolute Gasteiger partial charge is 0.256 e. The fourth-order valence-electron chi connectivity index (χ4n) is 2.52. The van der Waals surface area contributed by atoms with E-state index in [9.17, 15) is 9.59 Å². The number of furan rings is 1. The van der Waals surface area contributed by atoms with E-state index in [1.54, 1.807) is 42.5 Å². The second kappa shape index (κ2) is 8.75. The number of hydrogen-bond acceptors (Lipinski definition) is 3. The number of para-hydroxylation sites is 1. The molecule has 27 heavy (non-hydrogen) atoms. The van der Waals surface area contributed by atoms with Gasteiger partial charge in [0.25, 0.3) is 5.91 Å². The highest BCUT2D eigenvalue weighted by Crippen LogP contribution is 2.27. The summed E-state index contributed by atoms with van der Waals surface area (Å²) in [5, 5.41) is 3.18. The fraction of sp³-hybridized carbons (Fsp3) is 0.100. The molecular formula is C20H16Cl2N2O3. The Bertz CT molecular complexity index is 928. The molecule has 5 nitrogen and oxygen atoms in total. The molecule has 7 heteroatoms. The lowest BCUT2D eigenvalue weighted by Crippen LogP contribution is -2.37. The third-order valence-electron chi connectivity index (χ3n) is 3.79. The highest BCUT2D eigenvalue weighted by atomic mass is 35.5. The number of nitrogens with one attached hydrogen (secondary N) is 1. The van der Waals surface area contributed by atoms with E-state index in [-0.39, 0.29) is 34.6 Å². The number of hydrogen-bond donors (Lipinski definition) is 1. The highest BCUT2D eigenvalue weighted by molar-refractivity contribution is 6.43. The number of anilines is 1. The molecule has 0 unspecified atom stereocenters. The monoisotopic (exact) mass is 402 g/mol. The van der Waals surface area contributed by atoms with E-state index < -0.39 is 5.91 Å². The topological polar surface area (TPSA) is 62.6 Å². The third kappa shape index (κ3) is 4.90. The lowest BCUT2D eigenvalue weighted by atomic mass is 10.2. The Kier molecular flexibility index (Phi) is 6.16. The minimum absolute atomic E-state index is 0.122. The van der Waals surface area contributed by atoms with E-state index in [0.29, 0.717) is 11.4 Å². The number of amides is 2. The van der Waals surface area contributed by atoms with Crippen molar-refractivity contribution >= 4 is 40.7 Å². The van der Waals surface area contributed by atoms with Crippen LogP contribution >= 0.6 is 23.2 Å². The number of rotatable bonds is 6. The summed E-state index contributed by atoms with van der Waals surface area (Å²) in [4.78, 5) is 26.8. The fourth-order valence-corrected chi connectivity index (χ4v) is 2.91. The minimum atomic E-state index is -0.415. The van der Waals surface area contributed by atoms with E-state index in [0.717, 1.165) is 0 Å². The normalized spacial score (nSPS) is 10.4. The molecule has 0 saturated carbocycles. The van der Waals surface area contributed by atoms with Crippen molar-refractivity contribution in [3.8, 4) is 0 Å². The maximum atomic E-state index is 13.0. The van der Waals surface area contributed by atoms with Gasteiger partial charge in [-0.3, -0.25) is 9.59 Å². The van der Waals surface area contributed by atoms with Gasteiger partial charge in [-0.2, -0.15) is 0 Å². The Hall–Kier alpha value is -2.76. The number of carbonyl (C=O) groups is 2. The largest absolute Gasteiger partial charge is 0.467 e. The predicted octanol–water partition coefficient (Wildman–Crippen LogP) is 4.87. The molecule has 2 amide bonds. The van der Waals surface area contributed by atoms with Crippen molar-refractivity contribution in [1.29, 1.82) is 0 Å². The molecule has 0 aliphatic heterocycles. The van der Waals surface area contributed by atoms with Gasteiger partial charge in [0.2, 0.25) is 5.91 Å². The van der Waals surface area contributed by atoms with Crippen LogP contribution in [0.2, 0.25) is 10.0 Å². The summed E-state index contributed by atoms with van der Waals surface area (Å²) >= 11 is 12.2. The van der Waals surface area contributed by atoms with Gasteiger partial charge in [0.05, 0.1) is 28.4 Å². The van der Waals surface area contributed by atoms with E-state index in [4.69, 9.17) is 27.6 Å². The van der Waals surface area contributed by atoms with Crippen LogP contribution in [0.15, 0.2) is 71.3 Å². The third-order valence-corrected chi connectivity index (χ3v) is 4.61. The van der Waals surface area contributed by atoms with Crippen LogP contribution in [-0.2, 0) is 11.3 Å². The van der Waals surface area contributed by atoms with E-state index in [2.05, 4.69) is 5.32 Å². The first-order valence-electron chi connectivity index (χ1n) is 8.15. The van der Waals surface area contributed by atoms with Gasteiger partial charge in [0.1, 0.15) is 12.3 Å². The Labute approximate surface area is 166 Å². The van der Waals surface area contributed by atoms with Gasteiger partial charge < -0.3 is 14.6 Å². The zero-order valence-electron chi connectivity index (χ0n) is 14.2. The van der Waals surface area contributed by atoms with E-state index in [1.165, 1.54) is 11.2 Å². The number of nitrogens with zero attached hydrogens (tertiary/aromatic N) is 1. The molecule has 138 valence electrons. The minimum Gasteiger partial charge on any atom is -0.467 e. The second-order valence-corrected chi connectivity index (χ2v) is 6.54. The van der Waals surface area contributed by atoms with Crippen molar-refractivity contribution in [3.63, 3.8) is 0 Å².